The van der Waals surface area contributed by atoms with E-state index >= 15 is 0 Å². The number of hydrogen-bond acceptors (Lipinski definition) is 5. The van der Waals surface area contributed by atoms with Gasteiger partial charge in [-0.2, -0.15) is 5.26 Å². The first-order valence-electron chi connectivity index (χ1n) is 10.9. The molecule has 1 aliphatic carbocycles. The molecule has 1 saturated carbocycles. The summed E-state index contributed by atoms with van der Waals surface area (Å²) in [6.07, 6.45) is 4.80. The first kappa shape index (κ1) is 21.8. The second-order valence-corrected chi connectivity index (χ2v) is 9.96. The summed E-state index contributed by atoms with van der Waals surface area (Å²) in [5.74, 6) is -0.616. The lowest BCUT2D eigenvalue weighted by molar-refractivity contribution is 0.0699. The number of nitrogens with zero attached hydrogens (tertiary/aromatic N) is 4. The van der Waals surface area contributed by atoms with Gasteiger partial charge >= 0.3 is 0 Å². The number of benzene rings is 2. The lowest BCUT2D eigenvalue weighted by atomic mass is 9.91. The number of para-hydroxylation sites is 1. The number of nitriles is 1. The smallest absolute Gasteiger partial charge is 0.256 e. The molecule has 0 spiro atoms. The summed E-state index contributed by atoms with van der Waals surface area (Å²) in [4.78, 5) is 19.6. The SMILES string of the molecule is C[S+]([O-])N1CCN(C(=O)c2cnc3c(F)cccc3c2-c2ccc(C3(C#N)CC3)cc2)CC1. The van der Waals surface area contributed by atoms with Crippen molar-refractivity contribution in [3.05, 3.63) is 65.6 Å². The second-order valence-electron chi connectivity index (χ2n) is 8.60. The number of halogens is 1. The summed E-state index contributed by atoms with van der Waals surface area (Å²) >= 11 is -1.07. The van der Waals surface area contributed by atoms with Crippen LogP contribution in [-0.2, 0) is 16.8 Å². The largest absolute Gasteiger partial charge is 0.598 e. The van der Waals surface area contributed by atoms with E-state index in [9.17, 15) is 19.0 Å². The molecule has 2 aliphatic rings. The Morgan fingerprint density at radius 2 is 1.85 bits per heavy atom. The number of carbonyl (C=O) groups excluding carboxylic acids is 1. The van der Waals surface area contributed by atoms with Gasteiger partial charge in [0.25, 0.3) is 5.91 Å². The average molecular weight is 463 g/mol. The summed E-state index contributed by atoms with van der Waals surface area (Å²) in [5.41, 5.74) is 2.61. The Kier molecular flexibility index (Phi) is 5.57. The lowest BCUT2D eigenvalue weighted by Gasteiger charge is -2.33. The molecule has 3 aromatic rings. The van der Waals surface area contributed by atoms with Crippen molar-refractivity contribution < 1.29 is 13.7 Å². The zero-order valence-corrected chi connectivity index (χ0v) is 19.1. The molecule has 1 unspecified atom stereocenters. The molecule has 168 valence electrons. The van der Waals surface area contributed by atoms with Gasteiger partial charge in [0.2, 0.25) is 0 Å². The molecule has 1 amide bonds. The minimum absolute atomic E-state index is 0.176. The van der Waals surface area contributed by atoms with Crippen molar-refractivity contribution in [1.29, 1.82) is 5.26 Å². The van der Waals surface area contributed by atoms with Gasteiger partial charge in [-0.15, -0.1) is 4.31 Å². The molecule has 0 N–H and O–H groups in total. The predicted molar refractivity (Wildman–Crippen MR) is 125 cm³/mol. The van der Waals surface area contributed by atoms with E-state index in [1.165, 1.54) is 12.3 Å². The number of pyridine rings is 1. The van der Waals surface area contributed by atoms with E-state index < -0.39 is 22.6 Å². The van der Waals surface area contributed by atoms with Crippen molar-refractivity contribution in [2.75, 3.05) is 32.4 Å². The average Bonchev–Trinajstić information content (AvgIpc) is 3.65. The van der Waals surface area contributed by atoms with E-state index in [0.29, 0.717) is 42.7 Å². The highest BCUT2D eigenvalue weighted by molar-refractivity contribution is 7.88. The monoisotopic (exact) mass is 462 g/mol. The molecular weight excluding hydrogens is 439 g/mol. The van der Waals surface area contributed by atoms with E-state index in [-0.39, 0.29) is 11.4 Å². The Morgan fingerprint density at radius 1 is 1.15 bits per heavy atom. The van der Waals surface area contributed by atoms with Crippen molar-refractivity contribution in [3.63, 3.8) is 0 Å². The highest BCUT2D eigenvalue weighted by Gasteiger charge is 2.44. The van der Waals surface area contributed by atoms with Gasteiger partial charge in [0.05, 0.1) is 30.1 Å². The van der Waals surface area contributed by atoms with Crippen LogP contribution in [0, 0.1) is 17.1 Å². The van der Waals surface area contributed by atoms with Crippen LogP contribution in [-0.4, -0.2) is 57.1 Å². The maximum absolute atomic E-state index is 14.5. The maximum atomic E-state index is 14.5. The normalized spacial score (nSPS) is 18.7. The highest BCUT2D eigenvalue weighted by Crippen LogP contribution is 2.48. The summed E-state index contributed by atoms with van der Waals surface area (Å²) in [6.45, 7) is 1.99. The molecule has 1 saturated heterocycles. The number of fused-ring (bicyclic) bond motifs is 1. The molecule has 8 heteroatoms. The van der Waals surface area contributed by atoms with Crippen LogP contribution in [0.5, 0.6) is 0 Å². The summed E-state index contributed by atoms with van der Waals surface area (Å²) in [7, 11) is 0. The molecule has 2 heterocycles. The minimum atomic E-state index is -1.07. The number of aromatic nitrogens is 1. The fraction of sp³-hybridized carbons (Fsp3) is 0.320. The Labute approximate surface area is 194 Å². The molecule has 1 aliphatic heterocycles. The zero-order valence-electron chi connectivity index (χ0n) is 18.3. The fourth-order valence-electron chi connectivity index (χ4n) is 4.52. The van der Waals surface area contributed by atoms with Crippen LogP contribution in [0.15, 0.2) is 48.7 Å². The van der Waals surface area contributed by atoms with Gasteiger partial charge in [-0.3, -0.25) is 9.78 Å². The Balaban J connectivity index is 1.57. The summed E-state index contributed by atoms with van der Waals surface area (Å²) in [6, 6.07) is 14.8. The van der Waals surface area contributed by atoms with Crippen molar-refractivity contribution in [2.45, 2.75) is 18.3 Å². The molecule has 0 radical (unpaired) electrons. The Hall–Kier alpha value is -2.99. The van der Waals surface area contributed by atoms with Crippen LogP contribution in [0.2, 0.25) is 0 Å². The second kappa shape index (κ2) is 8.41. The van der Waals surface area contributed by atoms with Crippen molar-refractivity contribution in [2.24, 2.45) is 0 Å². The minimum Gasteiger partial charge on any atom is -0.598 e. The van der Waals surface area contributed by atoms with E-state index in [1.54, 1.807) is 23.3 Å². The van der Waals surface area contributed by atoms with E-state index in [2.05, 4.69) is 11.1 Å². The maximum Gasteiger partial charge on any atom is 0.256 e. The summed E-state index contributed by atoms with van der Waals surface area (Å²) in [5, 5.41) is 10.1. The molecule has 1 aromatic heterocycles. The van der Waals surface area contributed by atoms with Crippen LogP contribution in [0.1, 0.15) is 28.8 Å². The summed E-state index contributed by atoms with van der Waals surface area (Å²) < 4.78 is 28.1. The van der Waals surface area contributed by atoms with Crippen LogP contribution in [0.4, 0.5) is 4.39 Å². The molecule has 1 atom stereocenters. The Morgan fingerprint density at radius 3 is 2.45 bits per heavy atom. The van der Waals surface area contributed by atoms with Gasteiger partial charge in [-0.25, -0.2) is 4.39 Å². The van der Waals surface area contributed by atoms with Gasteiger partial charge < -0.3 is 9.45 Å². The predicted octanol–water partition coefficient (Wildman–Crippen LogP) is 3.65. The molecule has 2 fully saturated rings. The number of carbonyl (C=O) groups is 1. The highest BCUT2D eigenvalue weighted by atomic mass is 32.2. The van der Waals surface area contributed by atoms with Crippen LogP contribution in [0.25, 0.3) is 22.0 Å². The fourth-order valence-corrected chi connectivity index (χ4v) is 5.20. The number of hydrogen-bond donors (Lipinski definition) is 0. The molecule has 6 nitrogen and oxygen atoms in total. The number of rotatable bonds is 4. The first-order chi connectivity index (χ1) is 15.9. The molecule has 5 rings (SSSR count). The zero-order chi connectivity index (χ0) is 23.2. The molecular formula is C25H23FN4O2S. The van der Waals surface area contributed by atoms with E-state index in [1.807, 2.05) is 28.6 Å². The van der Waals surface area contributed by atoms with Crippen LogP contribution >= 0.6 is 0 Å². The molecule has 2 aromatic carbocycles. The van der Waals surface area contributed by atoms with Gasteiger partial charge in [0.1, 0.15) is 17.6 Å². The van der Waals surface area contributed by atoms with Gasteiger partial charge in [-0.1, -0.05) is 36.4 Å². The van der Waals surface area contributed by atoms with Crippen LogP contribution < -0.4 is 0 Å². The third-order valence-electron chi connectivity index (χ3n) is 6.66. The van der Waals surface area contributed by atoms with Crippen molar-refractivity contribution in [3.8, 4) is 17.2 Å². The first-order valence-corrected chi connectivity index (χ1v) is 12.4. The number of amides is 1. The van der Waals surface area contributed by atoms with Gasteiger partial charge in [0, 0.05) is 41.6 Å². The quantitative estimate of drug-likeness (QED) is 0.553. The van der Waals surface area contributed by atoms with E-state index in [0.717, 1.165) is 24.0 Å². The topological polar surface area (TPSA) is 83.3 Å². The van der Waals surface area contributed by atoms with Gasteiger partial charge in [-0.05, 0) is 30.0 Å². The molecule has 0 bridgehead atoms. The third kappa shape index (κ3) is 3.86. The Bertz CT molecular complexity index is 1260. The van der Waals surface area contributed by atoms with E-state index in [4.69, 9.17) is 0 Å². The van der Waals surface area contributed by atoms with Gasteiger partial charge in [0.15, 0.2) is 0 Å². The number of piperazine rings is 1. The van der Waals surface area contributed by atoms with Crippen molar-refractivity contribution >= 4 is 28.2 Å². The standard InChI is InChI=1S/C25H23FN4O2S/c1-33(32)30-13-11-29(12-14-30)24(31)20-15-28-23-19(3-2-4-21(23)26)22(20)17-5-7-18(8-6-17)25(16-27)9-10-25/h2-8,15H,9-14H2,1H3. The van der Waals surface area contributed by atoms with Crippen LogP contribution in [0.3, 0.4) is 0 Å². The molecule has 33 heavy (non-hydrogen) atoms. The third-order valence-corrected chi connectivity index (χ3v) is 7.75. The van der Waals surface area contributed by atoms with Crippen molar-refractivity contribution in [1.82, 2.24) is 14.2 Å². The lowest BCUT2D eigenvalue weighted by Crippen LogP contribution is -2.50.